The fourth-order valence-electron chi connectivity index (χ4n) is 1.68. The van der Waals surface area contributed by atoms with E-state index < -0.39 is 21.1 Å². The third kappa shape index (κ3) is 4.46. The Morgan fingerprint density at radius 3 is 2.24 bits per heavy atom. The second-order valence-electron chi connectivity index (χ2n) is 6.00. The summed E-state index contributed by atoms with van der Waals surface area (Å²) >= 11 is 0. The minimum Gasteiger partial charge on any atom is -0.497 e. The number of carbonyl (C=O) groups excluding carboxylic acids is 1. The van der Waals surface area contributed by atoms with Crippen molar-refractivity contribution in [1.29, 1.82) is 0 Å². The van der Waals surface area contributed by atoms with Gasteiger partial charge >= 0.3 is 5.97 Å². The lowest BCUT2D eigenvalue weighted by Gasteiger charge is -2.23. The molecule has 6 heteroatoms. The first-order chi connectivity index (χ1) is 9.46. The normalized spacial score (nSPS) is 13.6. The summed E-state index contributed by atoms with van der Waals surface area (Å²) in [6.45, 7) is 7.23. The SMILES string of the molecule is COc1ccc(OC(=O)[C@H](C)S(C)(=O)=O)c(C(C)(C)C)c1. The van der Waals surface area contributed by atoms with Crippen molar-refractivity contribution in [3.8, 4) is 11.5 Å². The predicted octanol–water partition coefficient (Wildman–Crippen LogP) is 2.33. The van der Waals surface area contributed by atoms with Crippen LogP contribution >= 0.6 is 0 Å². The summed E-state index contributed by atoms with van der Waals surface area (Å²) < 4.78 is 33.3. The lowest BCUT2D eigenvalue weighted by molar-refractivity contribution is -0.133. The minimum atomic E-state index is -3.48. The molecule has 118 valence electrons. The van der Waals surface area contributed by atoms with Crippen LogP contribution < -0.4 is 9.47 Å². The van der Waals surface area contributed by atoms with Gasteiger partial charge in [-0.15, -0.1) is 0 Å². The van der Waals surface area contributed by atoms with E-state index in [0.717, 1.165) is 11.8 Å². The Balaban J connectivity index is 3.17. The van der Waals surface area contributed by atoms with Gasteiger partial charge in [0.25, 0.3) is 0 Å². The summed E-state index contributed by atoms with van der Waals surface area (Å²) in [4.78, 5) is 12.0. The molecule has 0 bridgehead atoms. The Morgan fingerprint density at radius 2 is 1.81 bits per heavy atom. The third-order valence-corrected chi connectivity index (χ3v) is 4.66. The van der Waals surface area contributed by atoms with Gasteiger partial charge in [-0.3, -0.25) is 4.79 Å². The van der Waals surface area contributed by atoms with E-state index in [4.69, 9.17) is 9.47 Å². The molecule has 1 aromatic carbocycles. The number of sulfone groups is 1. The largest absolute Gasteiger partial charge is 0.497 e. The number of hydrogen-bond donors (Lipinski definition) is 0. The molecule has 0 fully saturated rings. The van der Waals surface area contributed by atoms with E-state index in [2.05, 4.69) is 0 Å². The van der Waals surface area contributed by atoms with Crippen LogP contribution in [0, 0.1) is 0 Å². The topological polar surface area (TPSA) is 69.7 Å². The van der Waals surface area contributed by atoms with Crippen molar-refractivity contribution < 1.29 is 22.7 Å². The van der Waals surface area contributed by atoms with Gasteiger partial charge in [0.05, 0.1) is 7.11 Å². The molecule has 21 heavy (non-hydrogen) atoms. The maximum Gasteiger partial charge on any atom is 0.329 e. The van der Waals surface area contributed by atoms with Crippen molar-refractivity contribution in [2.45, 2.75) is 38.4 Å². The summed E-state index contributed by atoms with van der Waals surface area (Å²) in [6, 6.07) is 5.07. The Hall–Kier alpha value is -1.56. The second kappa shape index (κ2) is 6.05. The minimum absolute atomic E-state index is 0.279. The zero-order chi connectivity index (χ0) is 16.4. The van der Waals surface area contributed by atoms with Gasteiger partial charge in [0.1, 0.15) is 11.5 Å². The van der Waals surface area contributed by atoms with Crippen LogP contribution in [-0.4, -0.2) is 33.0 Å². The van der Waals surface area contributed by atoms with Crippen molar-refractivity contribution in [1.82, 2.24) is 0 Å². The van der Waals surface area contributed by atoms with Gasteiger partial charge in [-0.2, -0.15) is 0 Å². The average molecular weight is 314 g/mol. The van der Waals surface area contributed by atoms with Gasteiger partial charge in [-0.05, 0) is 30.5 Å². The molecule has 0 amide bonds. The molecule has 0 aromatic heterocycles. The fraction of sp³-hybridized carbons (Fsp3) is 0.533. The maximum absolute atomic E-state index is 12.0. The van der Waals surface area contributed by atoms with Crippen LogP contribution in [0.3, 0.4) is 0 Å². The third-order valence-electron chi connectivity index (χ3n) is 3.18. The maximum atomic E-state index is 12.0. The van der Waals surface area contributed by atoms with E-state index in [1.165, 1.54) is 6.92 Å². The van der Waals surface area contributed by atoms with Gasteiger partial charge in [0.2, 0.25) is 0 Å². The Morgan fingerprint density at radius 1 is 1.24 bits per heavy atom. The molecule has 1 atom stereocenters. The molecule has 0 aliphatic heterocycles. The van der Waals surface area contributed by atoms with Gasteiger partial charge in [0.15, 0.2) is 15.1 Å². The van der Waals surface area contributed by atoms with Crippen molar-refractivity contribution >= 4 is 15.8 Å². The molecule has 0 spiro atoms. The Bertz CT molecular complexity index is 626. The van der Waals surface area contributed by atoms with Crippen LogP contribution in [0.1, 0.15) is 33.3 Å². The molecule has 0 aliphatic rings. The van der Waals surface area contributed by atoms with E-state index in [1.54, 1.807) is 25.3 Å². The summed E-state index contributed by atoms with van der Waals surface area (Å²) in [5, 5.41) is -1.20. The highest BCUT2D eigenvalue weighted by Gasteiger charge is 2.28. The molecule has 1 aromatic rings. The number of rotatable bonds is 4. The van der Waals surface area contributed by atoms with Gasteiger partial charge in [-0.1, -0.05) is 20.8 Å². The first-order valence-electron chi connectivity index (χ1n) is 6.56. The Labute approximate surface area is 126 Å². The highest BCUT2D eigenvalue weighted by atomic mass is 32.2. The Kier molecular flexibility index (Phi) is 5.04. The molecular weight excluding hydrogens is 292 g/mol. The van der Waals surface area contributed by atoms with Crippen molar-refractivity contribution in [2.24, 2.45) is 0 Å². The average Bonchev–Trinajstić information content (AvgIpc) is 2.35. The number of hydrogen-bond acceptors (Lipinski definition) is 5. The van der Waals surface area contributed by atoms with Gasteiger partial charge < -0.3 is 9.47 Å². The van der Waals surface area contributed by atoms with Crippen molar-refractivity contribution in [3.63, 3.8) is 0 Å². The van der Waals surface area contributed by atoms with Crippen molar-refractivity contribution in [3.05, 3.63) is 23.8 Å². The predicted molar refractivity (Wildman–Crippen MR) is 81.6 cm³/mol. The molecular formula is C15H22O5S. The summed E-state index contributed by atoms with van der Waals surface area (Å²) in [6.07, 6.45) is 1.01. The smallest absolute Gasteiger partial charge is 0.329 e. The lowest BCUT2D eigenvalue weighted by atomic mass is 9.86. The number of esters is 1. The quantitative estimate of drug-likeness (QED) is 0.630. The highest BCUT2D eigenvalue weighted by molar-refractivity contribution is 7.92. The molecule has 5 nitrogen and oxygen atoms in total. The van der Waals surface area contributed by atoms with E-state index in [9.17, 15) is 13.2 Å². The van der Waals surface area contributed by atoms with Crippen LogP contribution in [-0.2, 0) is 20.0 Å². The van der Waals surface area contributed by atoms with Gasteiger partial charge in [-0.25, -0.2) is 8.42 Å². The van der Waals surface area contributed by atoms with Crippen LogP contribution in [0.4, 0.5) is 0 Å². The van der Waals surface area contributed by atoms with Crippen LogP contribution in [0.2, 0.25) is 0 Å². The highest BCUT2D eigenvalue weighted by Crippen LogP contribution is 2.34. The van der Waals surface area contributed by atoms with Crippen LogP contribution in [0.5, 0.6) is 11.5 Å². The second-order valence-corrected chi connectivity index (χ2v) is 8.37. The molecule has 0 heterocycles. The van der Waals surface area contributed by atoms with Crippen LogP contribution in [0.15, 0.2) is 18.2 Å². The lowest BCUT2D eigenvalue weighted by Crippen LogP contribution is -2.31. The van der Waals surface area contributed by atoms with E-state index in [0.29, 0.717) is 11.5 Å². The van der Waals surface area contributed by atoms with E-state index in [-0.39, 0.29) is 5.41 Å². The summed E-state index contributed by atoms with van der Waals surface area (Å²) in [5.41, 5.74) is 0.495. The summed E-state index contributed by atoms with van der Waals surface area (Å²) in [5.74, 6) is 0.216. The monoisotopic (exact) mass is 314 g/mol. The van der Waals surface area contributed by atoms with Gasteiger partial charge in [0, 0.05) is 11.8 Å². The van der Waals surface area contributed by atoms with E-state index in [1.807, 2.05) is 20.8 Å². The van der Waals surface area contributed by atoms with E-state index >= 15 is 0 Å². The molecule has 0 saturated carbocycles. The molecule has 0 saturated heterocycles. The summed E-state index contributed by atoms with van der Waals surface area (Å²) in [7, 11) is -1.93. The molecule has 0 aliphatic carbocycles. The standard InChI is InChI=1S/C15H22O5S/c1-10(21(6,17)18)14(16)20-13-8-7-11(19-5)9-12(13)15(2,3)4/h7-10H,1-6H3/t10-/m0/s1. The first-order valence-corrected chi connectivity index (χ1v) is 8.51. The number of ether oxygens (including phenoxy) is 2. The molecule has 0 N–H and O–H groups in total. The zero-order valence-electron chi connectivity index (χ0n) is 13.3. The number of carbonyl (C=O) groups is 1. The molecule has 1 rings (SSSR count). The first kappa shape index (κ1) is 17.5. The molecule has 0 unspecified atom stereocenters. The van der Waals surface area contributed by atoms with Crippen molar-refractivity contribution in [2.75, 3.05) is 13.4 Å². The molecule has 0 radical (unpaired) electrons. The number of benzene rings is 1. The zero-order valence-corrected chi connectivity index (χ0v) is 14.1. The van der Waals surface area contributed by atoms with Crippen LogP contribution in [0.25, 0.3) is 0 Å². The number of methoxy groups -OCH3 is 1. The fourth-order valence-corrected chi connectivity index (χ4v) is 2.08.